The van der Waals surface area contributed by atoms with E-state index >= 15 is 0 Å². The molecule has 2 heterocycles. The fourth-order valence-electron chi connectivity index (χ4n) is 4.65. The molecule has 8 heteroatoms. The van der Waals surface area contributed by atoms with E-state index in [0.717, 1.165) is 62.1 Å². The first-order valence-electron chi connectivity index (χ1n) is 12.6. The van der Waals surface area contributed by atoms with E-state index in [9.17, 15) is 14.7 Å². The molecule has 35 heavy (non-hydrogen) atoms. The zero-order valence-electron chi connectivity index (χ0n) is 20.2. The smallest absolute Gasteiger partial charge is 0.408 e. The average Bonchev–Trinajstić information content (AvgIpc) is 2.84. The molecular formula is C27H35N3O5. The number of carboxylic acid groups (broad SMARTS) is 1. The van der Waals surface area contributed by atoms with Crippen LogP contribution in [0.4, 0.5) is 10.6 Å². The molecule has 0 bridgehead atoms. The first-order chi connectivity index (χ1) is 17.0. The van der Waals surface area contributed by atoms with Crippen molar-refractivity contribution in [1.29, 1.82) is 0 Å². The van der Waals surface area contributed by atoms with Gasteiger partial charge >= 0.3 is 12.1 Å². The van der Waals surface area contributed by atoms with Crippen molar-refractivity contribution >= 4 is 17.9 Å². The van der Waals surface area contributed by atoms with Crippen LogP contribution in [-0.4, -0.2) is 47.5 Å². The van der Waals surface area contributed by atoms with Gasteiger partial charge in [-0.25, -0.2) is 14.6 Å². The van der Waals surface area contributed by atoms with Gasteiger partial charge in [-0.2, -0.15) is 0 Å². The van der Waals surface area contributed by atoms with E-state index in [4.69, 9.17) is 14.5 Å². The molecule has 4 rings (SSSR count). The quantitative estimate of drug-likeness (QED) is 0.433. The second kappa shape index (κ2) is 12.0. The molecule has 0 unspecified atom stereocenters. The molecule has 3 N–H and O–H groups in total. The number of anilines is 1. The lowest BCUT2D eigenvalue weighted by molar-refractivity contribution is -0.140. The number of amides is 1. The Bertz CT molecular complexity index is 994. The number of aromatic nitrogens is 1. The van der Waals surface area contributed by atoms with Crippen LogP contribution < -0.4 is 10.6 Å². The fourth-order valence-corrected chi connectivity index (χ4v) is 4.65. The SMILES string of the molecule is C[C@@H](OC(=O)N[C@@H](CCOC1CC(CCc2ccc3c(n2)NCCC3)C1)C(=O)O)c1ccccc1. The van der Waals surface area contributed by atoms with Crippen LogP contribution in [-0.2, 0) is 27.1 Å². The van der Waals surface area contributed by atoms with Gasteiger partial charge in [-0.15, -0.1) is 0 Å². The highest BCUT2D eigenvalue weighted by Gasteiger charge is 2.30. The summed E-state index contributed by atoms with van der Waals surface area (Å²) in [5.74, 6) is 0.550. The normalized spacial score (nSPS) is 20.5. The number of fused-ring (bicyclic) bond motifs is 1. The predicted molar refractivity (Wildman–Crippen MR) is 132 cm³/mol. The predicted octanol–water partition coefficient (Wildman–Crippen LogP) is 4.50. The number of carbonyl (C=O) groups excluding carboxylic acids is 1. The highest BCUT2D eigenvalue weighted by molar-refractivity contribution is 5.79. The molecular weight excluding hydrogens is 446 g/mol. The van der Waals surface area contributed by atoms with Gasteiger partial charge in [0, 0.05) is 25.3 Å². The minimum absolute atomic E-state index is 0.151. The summed E-state index contributed by atoms with van der Waals surface area (Å²) >= 11 is 0. The number of nitrogens with zero attached hydrogens (tertiary/aromatic N) is 1. The van der Waals surface area contributed by atoms with E-state index < -0.39 is 24.2 Å². The number of pyridine rings is 1. The van der Waals surface area contributed by atoms with Crippen molar-refractivity contribution in [2.45, 2.75) is 70.1 Å². The lowest BCUT2D eigenvalue weighted by Crippen LogP contribution is -2.42. The van der Waals surface area contributed by atoms with Crippen molar-refractivity contribution in [2.75, 3.05) is 18.5 Å². The summed E-state index contributed by atoms with van der Waals surface area (Å²) in [5, 5.41) is 15.3. The maximum atomic E-state index is 12.2. The van der Waals surface area contributed by atoms with Gasteiger partial charge in [-0.05, 0) is 68.6 Å². The number of rotatable bonds is 11. The van der Waals surface area contributed by atoms with Gasteiger partial charge in [0.2, 0.25) is 0 Å². The third-order valence-electron chi connectivity index (χ3n) is 6.86. The van der Waals surface area contributed by atoms with Gasteiger partial charge in [0.1, 0.15) is 18.0 Å². The van der Waals surface area contributed by atoms with E-state index in [0.29, 0.717) is 5.92 Å². The number of nitrogens with one attached hydrogen (secondary N) is 2. The van der Waals surface area contributed by atoms with Crippen LogP contribution in [0.3, 0.4) is 0 Å². The molecule has 1 aliphatic heterocycles. The number of aliphatic carboxylic acids is 1. The van der Waals surface area contributed by atoms with Gasteiger partial charge in [0.05, 0.1) is 6.10 Å². The van der Waals surface area contributed by atoms with Gasteiger partial charge in [-0.1, -0.05) is 36.4 Å². The molecule has 0 radical (unpaired) electrons. The Balaban J connectivity index is 1.12. The van der Waals surface area contributed by atoms with E-state index in [-0.39, 0.29) is 19.1 Å². The molecule has 1 fully saturated rings. The number of aryl methyl sites for hydroxylation is 2. The first-order valence-corrected chi connectivity index (χ1v) is 12.6. The molecule has 2 aliphatic rings. The summed E-state index contributed by atoms with van der Waals surface area (Å²) in [7, 11) is 0. The highest BCUT2D eigenvalue weighted by Crippen LogP contribution is 2.34. The Morgan fingerprint density at radius 1 is 1.20 bits per heavy atom. The molecule has 1 aromatic carbocycles. The van der Waals surface area contributed by atoms with E-state index in [1.807, 2.05) is 30.3 Å². The van der Waals surface area contributed by atoms with Crippen molar-refractivity contribution in [1.82, 2.24) is 10.3 Å². The van der Waals surface area contributed by atoms with Crippen LogP contribution in [0.1, 0.15) is 62.0 Å². The van der Waals surface area contributed by atoms with Crippen molar-refractivity contribution in [3.63, 3.8) is 0 Å². The third-order valence-corrected chi connectivity index (χ3v) is 6.86. The Hall–Kier alpha value is -3.13. The Labute approximate surface area is 206 Å². The summed E-state index contributed by atoms with van der Waals surface area (Å²) in [5.41, 5.74) is 3.29. The molecule has 2 atom stereocenters. The van der Waals surface area contributed by atoms with E-state index in [2.05, 4.69) is 22.8 Å². The number of benzene rings is 1. The van der Waals surface area contributed by atoms with Crippen LogP contribution in [0.5, 0.6) is 0 Å². The zero-order valence-corrected chi connectivity index (χ0v) is 20.2. The molecule has 8 nitrogen and oxygen atoms in total. The maximum absolute atomic E-state index is 12.2. The summed E-state index contributed by atoms with van der Waals surface area (Å²) in [6.07, 6.45) is 5.38. The maximum Gasteiger partial charge on any atom is 0.408 e. The average molecular weight is 482 g/mol. The Kier molecular flexibility index (Phi) is 8.58. The number of carbonyl (C=O) groups is 2. The van der Waals surface area contributed by atoms with Crippen LogP contribution in [0, 0.1) is 5.92 Å². The van der Waals surface area contributed by atoms with Crippen molar-refractivity contribution in [2.24, 2.45) is 5.92 Å². The third kappa shape index (κ3) is 7.18. The molecule has 188 valence electrons. The van der Waals surface area contributed by atoms with Crippen LogP contribution in [0.15, 0.2) is 42.5 Å². The summed E-state index contributed by atoms with van der Waals surface area (Å²) in [6.45, 7) is 3.03. The van der Waals surface area contributed by atoms with Crippen LogP contribution in [0.2, 0.25) is 0 Å². The molecule has 2 aromatic rings. The summed E-state index contributed by atoms with van der Waals surface area (Å²) in [4.78, 5) is 28.5. The monoisotopic (exact) mass is 481 g/mol. The standard InChI is InChI=1S/C27H35N3O5/c1-18(20-6-3-2-4-7-20)35-27(33)30-24(26(31)32)13-15-34-23-16-19(17-23)9-11-22-12-10-21-8-5-14-28-25(21)29-22/h2-4,6-7,10,12,18-19,23-24H,5,8-9,11,13-17H2,1H3,(H,28,29)(H,30,33)(H,31,32)/t18-,19?,23?,24+/m1/s1. The number of hydrogen-bond acceptors (Lipinski definition) is 6. The van der Waals surface area contributed by atoms with Gasteiger partial charge < -0.3 is 25.2 Å². The number of hydrogen-bond donors (Lipinski definition) is 3. The van der Waals surface area contributed by atoms with Gasteiger partial charge in [0.15, 0.2) is 0 Å². The lowest BCUT2D eigenvalue weighted by Gasteiger charge is -2.35. The number of ether oxygens (including phenoxy) is 2. The van der Waals surface area contributed by atoms with Crippen molar-refractivity contribution < 1.29 is 24.2 Å². The second-order valence-corrected chi connectivity index (χ2v) is 9.49. The van der Waals surface area contributed by atoms with Crippen LogP contribution >= 0.6 is 0 Å². The fraction of sp³-hybridized carbons (Fsp3) is 0.519. The van der Waals surface area contributed by atoms with E-state index in [1.54, 1.807) is 6.92 Å². The molecule has 1 aliphatic carbocycles. The van der Waals surface area contributed by atoms with E-state index in [1.165, 1.54) is 5.56 Å². The highest BCUT2D eigenvalue weighted by atomic mass is 16.6. The minimum atomic E-state index is -1.10. The van der Waals surface area contributed by atoms with Crippen LogP contribution in [0.25, 0.3) is 0 Å². The molecule has 1 saturated carbocycles. The number of alkyl carbamates (subject to hydrolysis) is 1. The lowest BCUT2D eigenvalue weighted by atomic mass is 9.79. The number of carboxylic acids is 1. The summed E-state index contributed by atoms with van der Waals surface area (Å²) in [6, 6.07) is 12.6. The van der Waals surface area contributed by atoms with Crippen molar-refractivity contribution in [3.8, 4) is 0 Å². The molecule has 1 amide bonds. The Morgan fingerprint density at radius 3 is 2.77 bits per heavy atom. The first kappa shape index (κ1) is 25.0. The zero-order chi connectivity index (χ0) is 24.6. The minimum Gasteiger partial charge on any atom is -0.480 e. The largest absolute Gasteiger partial charge is 0.480 e. The Morgan fingerprint density at radius 2 is 2.00 bits per heavy atom. The summed E-state index contributed by atoms with van der Waals surface area (Å²) < 4.78 is 11.2. The molecule has 0 spiro atoms. The topological polar surface area (TPSA) is 110 Å². The van der Waals surface area contributed by atoms with Gasteiger partial charge in [0.25, 0.3) is 0 Å². The van der Waals surface area contributed by atoms with Crippen molar-refractivity contribution in [3.05, 3.63) is 59.3 Å². The molecule has 0 saturated heterocycles. The molecule has 1 aromatic heterocycles. The van der Waals surface area contributed by atoms with Gasteiger partial charge in [-0.3, -0.25) is 0 Å². The second-order valence-electron chi connectivity index (χ2n) is 9.49.